The maximum Gasteiger partial charge on any atom is 0.293 e. The van der Waals surface area contributed by atoms with Crippen molar-refractivity contribution < 1.29 is 14.1 Å². The van der Waals surface area contributed by atoms with Gasteiger partial charge < -0.3 is 9.26 Å². The summed E-state index contributed by atoms with van der Waals surface area (Å²) in [6, 6.07) is 9.96. The molecule has 1 fully saturated rings. The molecule has 98 valence electrons. The second kappa shape index (κ2) is 5.26. The number of aromatic nitrogens is 1. The van der Waals surface area contributed by atoms with Gasteiger partial charge in [-0.05, 0) is 12.8 Å². The van der Waals surface area contributed by atoms with E-state index in [9.17, 15) is 4.79 Å². The fraction of sp³-hybridized carbons (Fsp3) is 0.333. The molecule has 0 N–H and O–H groups in total. The van der Waals surface area contributed by atoms with Crippen molar-refractivity contribution in [3.05, 3.63) is 41.7 Å². The summed E-state index contributed by atoms with van der Waals surface area (Å²) < 4.78 is 10.3. The van der Waals surface area contributed by atoms with Crippen molar-refractivity contribution in [2.24, 2.45) is 0 Å². The molecular formula is C15H15NO3. The fourth-order valence-electron chi connectivity index (χ4n) is 2.26. The molecule has 1 aliphatic rings. The normalized spacial score (nSPS) is 14.3. The van der Waals surface area contributed by atoms with Crippen LogP contribution in [0.1, 0.15) is 30.1 Å². The Kier molecular flexibility index (Phi) is 3.31. The molecule has 0 unspecified atom stereocenters. The molecule has 1 heterocycles. The lowest BCUT2D eigenvalue weighted by molar-refractivity contribution is -0.128. The first-order valence-electron chi connectivity index (χ1n) is 6.49. The summed E-state index contributed by atoms with van der Waals surface area (Å²) in [6.45, 7) is 0.844. The molecule has 3 rings (SSSR count). The van der Waals surface area contributed by atoms with Crippen molar-refractivity contribution in [1.82, 2.24) is 5.16 Å². The molecular weight excluding hydrogens is 242 g/mol. The van der Waals surface area contributed by atoms with E-state index in [1.807, 2.05) is 30.3 Å². The molecule has 0 saturated heterocycles. The second-order valence-electron chi connectivity index (χ2n) is 4.73. The van der Waals surface area contributed by atoms with Crippen molar-refractivity contribution in [2.75, 3.05) is 6.61 Å². The SMILES string of the molecule is O=COCCc1c(-c2ccccc2)noc1C1CC1. The lowest BCUT2D eigenvalue weighted by Crippen LogP contribution is -1.99. The van der Waals surface area contributed by atoms with Gasteiger partial charge in [0.25, 0.3) is 6.47 Å². The molecule has 0 radical (unpaired) electrons. The molecule has 2 aromatic rings. The number of carbonyl (C=O) groups is 1. The van der Waals surface area contributed by atoms with Gasteiger partial charge in [0.1, 0.15) is 11.5 Å². The van der Waals surface area contributed by atoms with Gasteiger partial charge in [-0.1, -0.05) is 35.5 Å². The van der Waals surface area contributed by atoms with Gasteiger partial charge in [-0.2, -0.15) is 0 Å². The maximum atomic E-state index is 10.3. The minimum absolute atomic E-state index is 0.365. The Labute approximate surface area is 111 Å². The van der Waals surface area contributed by atoms with Crippen molar-refractivity contribution in [2.45, 2.75) is 25.2 Å². The van der Waals surface area contributed by atoms with E-state index in [-0.39, 0.29) is 0 Å². The highest BCUT2D eigenvalue weighted by molar-refractivity contribution is 5.63. The number of hydrogen-bond acceptors (Lipinski definition) is 4. The van der Waals surface area contributed by atoms with Crippen LogP contribution in [0.3, 0.4) is 0 Å². The molecule has 0 amide bonds. The van der Waals surface area contributed by atoms with Gasteiger partial charge in [-0.3, -0.25) is 4.79 Å². The smallest absolute Gasteiger partial charge is 0.293 e. The largest absolute Gasteiger partial charge is 0.468 e. The lowest BCUT2D eigenvalue weighted by Gasteiger charge is -2.03. The Hall–Kier alpha value is -2.10. The molecule has 0 atom stereocenters. The summed E-state index contributed by atoms with van der Waals surface area (Å²) in [5.41, 5.74) is 2.99. The topological polar surface area (TPSA) is 52.3 Å². The monoisotopic (exact) mass is 257 g/mol. The maximum absolute atomic E-state index is 10.3. The molecule has 1 saturated carbocycles. The lowest BCUT2D eigenvalue weighted by atomic mass is 10.0. The molecule has 1 aliphatic carbocycles. The highest BCUT2D eigenvalue weighted by Gasteiger charge is 2.32. The number of ether oxygens (including phenoxy) is 1. The molecule has 0 aliphatic heterocycles. The van der Waals surface area contributed by atoms with E-state index in [0.717, 1.165) is 35.4 Å². The Balaban J connectivity index is 1.92. The predicted octanol–water partition coefficient (Wildman–Crippen LogP) is 2.93. The average Bonchev–Trinajstić information content (AvgIpc) is 3.21. The van der Waals surface area contributed by atoms with Crippen LogP contribution in [0.25, 0.3) is 11.3 Å². The van der Waals surface area contributed by atoms with E-state index in [0.29, 0.717) is 25.4 Å². The van der Waals surface area contributed by atoms with Gasteiger partial charge >= 0.3 is 0 Å². The standard InChI is InChI=1S/C15H15NO3/c17-10-18-9-8-13-14(11-4-2-1-3-5-11)16-19-15(13)12-6-7-12/h1-5,10,12H,6-9H2. The van der Waals surface area contributed by atoms with Crippen molar-refractivity contribution in [3.63, 3.8) is 0 Å². The Morgan fingerprint density at radius 2 is 2.11 bits per heavy atom. The van der Waals surface area contributed by atoms with E-state index in [1.54, 1.807) is 0 Å². The van der Waals surface area contributed by atoms with E-state index in [4.69, 9.17) is 9.26 Å². The summed E-state index contributed by atoms with van der Waals surface area (Å²) in [6.07, 6.45) is 2.97. The van der Waals surface area contributed by atoms with Crippen molar-refractivity contribution >= 4 is 6.47 Å². The van der Waals surface area contributed by atoms with Crippen LogP contribution in [-0.2, 0) is 16.0 Å². The van der Waals surface area contributed by atoms with Crippen LogP contribution in [0.15, 0.2) is 34.9 Å². The first kappa shape index (κ1) is 12.0. The van der Waals surface area contributed by atoms with Crippen LogP contribution in [0.5, 0.6) is 0 Å². The first-order valence-corrected chi connectivity index (χ1v) is 6.49. The molecule has 19 heavy (non-hydrogen) atoms. The second-order valence-corrected chi connectivity index (χ2v) is 4.73. The zero-order chi connectivity index (χ0) is 13.1. The minimum Gasteiger partial charge on any atom is -0.468 e. The third-order valence-electron chi connectivity index (χ3n) is 3.35. The number of rotatable bonds is 6. The zero-order valence-electron chi connectivity index (χ0n) is 10.5. The van der Waals surface area contributed by atoms with Gasteiger partial charge in [0, 0.05) is 23.5 Å². The average molecular weight is 257 g/mol. The molecule has 1 aromatic heterocycles. The van der Waals surface area contributed by atoms with Gasteiger partial charge in [0.2, 0.25) is 0 Å². The van der Waals surface area contributed by atoms with Crippen LogP contribution in [0, 0.1) is 0 Å². The highest BCUT2D eigenvalue weighted by Crippen LogP contribution is 2.44. The Morgan fingerprint density at radius 1 is 1.32 bits per heavy atom. The number of benzene rings is 1. The summed E-state index contributed by atoms with van der Waals surface area (Å²) in [5.74, 6) is 1.46. The van der Waals surface area contributed by atoms with E-state index < -0.39 is 0 Å². The zero-order valence-corrected chi connectivity index (χ0v) is 10.5. The van der Waals surface area contributed by atoms with Gasteiger partial charge in [0.05, 0.1) is 6.61 Å². The first-order chi connectivity index (χ1) is 9.40. The van der Waals surface area contributed by atoms with Gasteiger partial charge in [-0.25, -0.2) is 0 Å². The molecule has 0 bridgehead atoms. The number of carbonyl (C=O) groups excluding carboxylic acids is 1. The van der Waals surface area contributed by atoms with Crippen LogP contribution < -0.4 is 0 Å². The Morgan fingerprint density at radius 3 is 2.79 bits per heavy atom. The summed E-state index contributed by atoms with van der Waals surface area (Å²) in [4.78, 5) is 10.3. The molecule has 4 nitrogen and oxygen atoms in total. The summed E-state index contributed by atoms with van der Waals surface area (Å²) >= 11 is 0. The van der Waals surface area contributed by atoms with Gasteiger partial charge in [0.15, 0.2) is 0 Å². The van der Waals surface area contributed by atoms with E-state index >= 15 is 0 Å². The van der Waals surface area contributed by atoms with Crippen molar-refractivity contribution in [3.8, 4) is 11.3 Å². The van der Waals surface area contributed by atoms with Gasteiger partial charge in [-0.15, -0.1) is 0 Å². The van der Waals surface area contributed by atoms with E-state index in [1.165, 1.54) is 0 Å². The number of hydrogen-bond donors (Lipinski definition) is 0. The molecule has 1 aromatic carbocycles. The van der Waals surface area contributed by atoms with Crippen LogP contribution in [-0.4, -0.2) is 18.2 Å². The minimum atomic E-state index is 0.365. The summed E-state index contributed by atoms with van der Waals surface area (Å²) in [7, 11) is 0. The van der Waals surface area contributed by atoms with Crippen LogP contribution in [0.2, 0.25) is 0 Å². The number of nitrogens with zero attached hydrogens (tertiary/aromatic N) is 1. The molecule has 0 spiro atoms. The summed E-state index contributed by atoms with van der Waals surface area (Å²) in [5, 5.41) is 4.21. The third kappa shape index (κ3) is 2.52. The predicted molar refractivity (Wildman–Crippen MR) is 69.6 cm³/mol. The third-order valence-corrected chi connectivity index (χ3v) is 3.35. The fourth-order valence-corrected chi connectivity index (χ4v) is 2.26. The van der Waals surface area contributed by atoms with Crippen molar-refractivity contribution in [1.29, 1.82) is 0 Å². The quantitative estimate of drug-likeness (QED) is 0.589. The molecule has 4 heteroatoms. The van der Waals surface area contributed by atoms with Crippen LogP contribution >= 0.6 is 0 Å². The van der Waals surface area contributed by atoms with E-state index in [2.05, 4.69) is 5.16 Å². The highest BCUT2D eigenvalue weighted by atomic mass is 16.5. The Bertz CT molecular complexity index is 558. The van der Waals surface area contributed by atoms with Crippen LogP contribution in [0.4, 0.5) is 0 Å².